The predicted molar refractivity (Wildman–Crippen MR) is 58.0 cm³/mol. The first-order chi connectivity index (χ1) is 6.03. The van der Waals surface area contributed by atoms with Crippen molar-refractivity contribution in [1.29, 1.82) is 0 Å². The molecule has 1 fully saturated rings. The van der Waals surface area contributed by atoms with Crippen molar-refractivity contribution in [3.63, 3.8) is 0 Å². The van der Waals surface area contributed by atoms with Crippen molar-refractivity contribution >= 4 is 5.84 Å². The third-order valence-corrected chi connectivity index (χ3v) is 3.02. The Morgan fingerprint density at radius 2 is 1.92 bits per heavy atom. The van der Waals surface area contributed by atoms with Crippen LogP contribution in [0.1, 0.15) is 52.9 Å². The summed E-state index contributed by atoms with van der Waals surface area (Å²) in [6, 6.07) is 0.507. The van der Waals surface area contributed by atoms with Crippen LogP contribution in [0.5, 0.6) is 0 Å². The molecule has 0 aliphatic heterocycles. The van der Waals surface area contributed by atoms with Gasteiger partial charge in [-0.1, -0.05) is 20.8 Å². The Hall–Kier alpha value is -0.530. The number of amidine groups is 1. The lowest BCUT2D eigenvalue weighted by atomic mass is 9.76. The molecule has 2 nitrogen and oxygen atoms in total. The molecule has 2 heteroatoms. The van der Waals surface area contributed by atoms with Crippen LogP contribution in [0.3, 0.4) is 0 Å². The number of hydrogen-bond acceptors (Lipinski definition) is 1. The maximum Gasteiger partial charge on any atom is 0.0937 e. The van der Waals surface area contributed by atoms with E-state index in [1.165, 1.54) is 25.7 Å². The van der Waals surface area contributed by atoms with Crippen molar-refractivity contribution in [2.24, 2.45) is 16.1 Å². The van der Waals surface area contributed by atoms with Gasteiger partial charge in [-0.15, -0.1) is 0 Å². The molecule has 2 N–H and O–H groups in total. The van der Waals surface area contributed by atoms with Gasteiger partial charge in [-0.25, -0.2) is 0 Å². The third-order valence-electron chi connectivity index (χ3n) is 3.02. The van der Waals surface area contributed by atoms with Crippen molar-refractivity contribution in [2.75, 3.05) is 0 Å². The Labute approximate surface area is 81.6 Å². The zero-order chi connectivity index (χ0) is 9.90. The average Bonchev–Trinajstić information content (AvgIpc) is 2.08. The molecular formula is C11H22N2. The van der Waals surface area contributed by atoms with Crippen LogP contribution in [0.2, 0.25) is 0 Å². The van der Waals surface area contributed by atoms with Gasteiger partial charge in [0.2, 0.25) is 0 Å². The summed E-state index contributed by atoms with van der Waals surface area (Å²) in [6.45, 7) is 6.75. The van der Waals surface area contributed by atoms with E-state index in [9.17, 15) is 0 Å². The molecule has 0 heterocycles. The number of aliphatic imine (C=N–C) groups is 1. The summed E-state index contributed by atoms with van der Waals surface area (Å²) < 4.78 is 0. The zero-order valence-electron chi connectivity index (χ0n) is 9.14. The summed E-state index contributed by atoms with van der Waals surface area (Å²) in [5.41, 5.74) is 6.26. The Balaban J connectivity index is 2.42. The Kier molecular flexibility index (Phi) is 3.34. The highest BCUT2D eigenvalue weighted by Crippen LogP contribution is 2.36. The first kappa shape index (κ1) is 10.6. The molecule has 0 aromatic rings. The van der Waals surface area contributed by atoms with E-state index in [4.69, 9.17) is 5.73 Å². The SMILES string of the molecule is CCC(N)=NC1CCC(C)(C)CC1. The van der Waals surface area contributed by atoms with Crippen LogP contribution >= 0.6 is 0 Å². The third kappa shape index (κ3) is 3.37. The second-order valence-corrected chi connectivity index (χ2v) is 4.87. The van der Waals surface area contributed by atoms with Crippen LogP contribution in [0.4, 0.5) is 0 Å². The molecule has 1 aliphatic carbocycles. The fraction of sp³-hybridized carbons (Fsp3) is 0.909. The standard InChI is InChI=1S/C11H22N2/c1-4-10(12)13-9-5-7-11(2,3)8-6-9/h9H,4-8H2,1-3H3,(H2,12,13). The molecule has 1 aliphatic rings. The van der Waals surface area contributed by atoms with E-state index in [1.54, 1.807) is 0 Å². The van der Waals surface area contributed by atoms with Crippen molar-refractivity contribution in [2.45, 2.75) is 58.9 Å². The highest BCUT2D eigenvalue weighted by molar-refractivity contribution is 5.80. The lowest BCUT2D eigenvalue weighted by Crippen LogP contribution is -2.25. The van der Waals surface area contributed by atoms with E-state index in [1.807, 2.05) is 0 Å². The molecule has 13 heavy (non-hydrogen) atoms. The van der Waals surface area contributed by atoms with Gasteiger partial charge in [0, 0.05) is 6.42 Å². The molecule has 1 rings (SSSR count). The van der Waals surface area contributed by atoms with E-state index in [0.29, 0.717) is 11.5 Å². The van der Waals surface area contributed by atoms with Crippen LogP contribution in [0, 0.1) is 5.41 Å². The highest BCUT2D eigenvalue weighted by Gasteiger charge is 2.26. The molecule has 0 spiro atoms. The van der Waals surface area contributed by atoms with Crippen molar-refractivity contribution in [3.8, 4) is 0 Å². The summed E-state index contributed by atoms with van der Waals surface area (Å²) in [4.78, 5) is 4.51. The molecule has 0 aromatic carbocycles. The van der Waals surface area contributed by atoms with Gasteiger partial charge >= 0.3 is 0 Å². The van der Waals surface area contributed by atoms with E-state index >= 15 is 0 Å². The normalized spacial score (nSPS) is 24.7. The topological polar surface area (TPSA) is 38.4 Å². The van der Waals surface area contributed by atoms with E-state index in [2.05, 4.69) is 25.8 Å². The molecule has 0 radical (unpaired) electrons. The predicted octanol–water partition coefficient (Wildman–Crippen LogP) is 2.72. The minimum absolute atomic E-state index is 0.507. The van der Waals surface area contributed by atoms with Crippen LogP contribution in [-0.4, -0.2) is 11.9 Å². The Morgan fingerprint density at radius 1 is 1.38 bits per heavy atom. The molecule has 0 unspecified atom stereocenters. The van der Waals surface area contributed by atoms with Gasteiger partial charge in [0.15, 0.2) is 0 Å². The maximum absolute atomic E-state index is 5.72. The Bertz CT molecular complexity index is 184. The van der Waals surface area contributed by atoms with Gasteiger partial charge in [0.05, 0.1) is 11.9 Å². The lowest BCUT2D eigenvalue weighted by molar-refractivity contribution is 0.226. The molecule has 76 valence electrons. The van der Waals surface area contributed by atoms with Gasteiger partial charge in [-0.3, -0.25) is 4.99 Å². The molecule has 0 aromatic heterocycles. The second-order valence-electron chi connectivity index (χ2n) is 4.87. The summed E-state index contributed by atoms with van der Waals surface area (Å²) >= 11 is 0. The quantitative estimate of drug-likeness (QED) is 0.517. The number of nitrogens with two attached hydrogens (primary N) is 1. The fourth-order valence-corrected chi connectivity index (χ4v) is 1.84. The minimum Gasteiger partial charge on any atom is -0.387 e. The first-order valence-electron chi connectivity index (χ1n) is 5.35. The zero-order valence-corrected chi connectivity index (χ0v) is 9.14. The van der Waals surface area contributed by atoms with Crippen molar-refractivity contribution in [1.82, 2.24) is 0 Å². The highest BCUT2D eigenvalue weighted by atomic mass is 14.9. The summed E-state index contributed by atoms with van der Waals surface area (Å²) in [7, 11) is 0. The van der Waals surface area contributed by atoms with E-state index in [0.717, 1.165) is 12.3 Å². The number of rotatable bonds is 2. The second kappa shape index (κ2) is 4.12. The smallest absolute Gasteiger partial charge is 0.0937 e. The molecule has 0 amide bonds. The van der Waals surface area contributed by atoms with Gasteiger partial charge in [0.25, 0.3) is 0 Å². The lowest BCUT2D eigenvalue weighted by Gasteiger charge is -2.32. The summed E-state index contributed by atoms with van der Waals surface area (Å²) in [6.07, 6.45) is 5.90. The van der Waals surface area contributed by atoms with Crippen molar-refractivity contribution in [3.05, 3.63) is 0 Å². The van der Waals surface area contributed by atoms with Gasteiger partial charge in [-0.05, 0) is 31.1 Å². The fourth-order valence-electron chi connectivity index (χ4n) is 1.84. The maximum atomic E-state index is 5.72. The average molecular weight is 182 g/mol. The van der Waals surface area contributed by atoms with E-state index < -0.39 is 0 Å². The molecule has 1 saturated carbocycles. The summed E-state index contributed by atoms with van der Waals surface area (Å²) in [5, 5.41) is 0. The van der Waals surface area contributed by atoms with Crippen LogP contribution in [-0.2, 0) is 0 Å². The molecule has 0 atom stereocenters. The molecule has 0 bridgehead atoms. The number of hydrogen-bond donors (Lipinski definition) is 1. The summed E-state index contributed by atoms with van der Waals surface area (Å²) in [5.74, 6) is 0.824. The van der Waals surface area contributed by atoms with Gasteiger partial charge < -0.3 is 5.73 Å². The number of nitrogens with zero attached hydrogens (tertiary/aromatic N) is 1. The minimum atomic E-state index is 0.507. The van der Waals surface area contributed by atoms with Crippen molar-refractivity contribution < 1.29 is 0 Å². The van der Waals surface area contributed by atoms with E-state index in [-0.39, 0.29) is 0 Å². The van der Waals surface area contributed by atoms with Gasteiger partial charge in [-0.2, -0.15) is 0 Å². The molecule has 0 saturated heterocycles. The van der Waals surface area contributed by atoms with Crippen LogP contribution < -0.4 is 5.73 Å². The largest absolute Gasteiger partial charge is 0.387 e. The molecular weight excluding hydrogens is 160 g/mol. The monoisotopic (exact) mass is 182 g/mol. The van der Waals surface area contributed by atoms with Crippen LogP contribution in [0.25, 0.3) is 0 Å². The van der Waals surface area contributed by atoms with Crippen LogP contribution in [0.15, 0.2) is 4.99 Å². The first-order valence-corrected chi connectivity index (χ1v) is 5.35. The van der Waals surface area contributed by atoms with Gasteiger partial charge in [0.1, 0.15) is 0 Å². The Morgan fingerprint density at radius 3 is 2.38 bits per heavy atom.